The van der Waals surface area contributed by atoms with Crippen molar-refractivity contribution in [2.75, 3.05) is 7.11 Å². The molecule has 234 valence electrons. The third-order valence-corrected chi connectivity index (χ3v) is 9.15. The lowest BCUT2D eigenvalue weighted by molar-refractivity contribution is -0.352. The summed E-state index contributed by atoms with van der Waals surface area (Å²) in [6.45, 7) is 16.8. The van der Waals surface area contributed by atoms with Gasteiger partial charge in [-0.3, -0.25) is 4.79 Å². The van der Waals surface area contributed by atoms with Gasteiger partial charge in [0.05, 0.1) is 49.1 Å². The zero-order valence-electron chi connectivity index (χ0n) is 26.4. The SMILES string of the molecule is CC[C@@H](O)[C@H](C)[C@@H]1O[C@H](c2ccc(OC)cc2)O[C@@H]([C@H](C)C[C@@](C)(O)[C@@H]2OC(C)(C)O[C@H]([C@@H](C)C(=O)O)[C@@H]2C)[C@@H]1C. The molecule has 2 heterocycles. The molecule has 9 heteroatoms. The van der Waals surface area contributed by atoms with Gasteiger partial charge < -0.3 is 39.0 Å². The Bertz CT molecular complexity index is 993. The van der Waals surface area contributed by atoms with Crippen molar-refractivity contribution in [3.63, 3.8) is 0 Å². The average molecular weight is 581 g/mol. The summed E-state index contributed by atoms with van der Waals surface area (Å²) in [6.07, 6.45) is -2.08. The van der Waals surface area contributed by atoms with Crippen LogP contribution in [0.2, 0.25) is 0 Å². The molecule has 0 aliphatic carbocycles. The van der Waals surface area contributed by atoms with Crippen LogP contribution in [0.25, 0.3) is 0 Å². The number of hydrogen-bond acceptors (Lipinski definition) is 8. The van der Waals surface area contributed by atoms with Crippen molar-refractivity contribution in [1.82, 2.24) is 0 Å². The number of aliphatic hydroxyl groups excluding tert-OH is 1. The quantitative estimate of drug-likeness (QED) is 0.325. The van der Waals surface area contributed by atoms with Gasteiger partial charge in [-0.25, -0.2) is 0 Å². The summed E-state index contributed by atoms with van der Waals surface area (Å²) in [5, 5.41) is 32.4. The second-order valence-corrected chi connectivity index (χ2v) is 13.0. The maximum Gasteiger partial charge on any atom is 0.308 e. The Morgan fingerprint density at radius 2 is 1.61 bits per heavy atom. The molecule has 12 atom stereocenters. The van der Waals surface area contributed by atoms with E-state index in [1.165, 1.54) is 0 Å². The first-order valence-electron chi connectivity index (χ1n) is 15.0. The van der Waals surface area contributed by atoms with E-state index < -0.39 is 47.9 Å². The number of carboxylic acid groups (broad SMARTS) is 1. The van der Waals surface area contributed by atoms with Crippen LogP contribution >= 0.6 is 0 Å². The van der Waals surface area contributed by atoms with Crippen LogP contribution < -0.4 is 4.74 Å². The highest BCUT2D eigenvalue weighted by Gasteiger charge is 2.52. The molecule has 3 N–H and O–H groups in total. The second-order valence-electron chi connectivity index (χ2n) is 13.0. The molecular formula is C32H52O9. The van der Waals surface area contributed by atoms with Crippen LogP contribution in [0.5, 0.6) is 5.75 Å². The van der Waals surface area contributed by atoms with Gasteiger partial charge in [0.1, 0.15) is 5.75 Å². The van der Waals surface area contributed by atoms with Gasteiger partial charge in [0.15, 0.2) is 12.1 Å². The van der Waals surface area contributed by atoms with Crippen molar-refractivity contribution < 1.29 is 43.8 Å². The number of rotatable bonds is 11. The van der Waals surface area contributed by atoms with Crippen LogP contribution in [0.1, 0.15) is 87.0 Å². The van der Waals surface area contributed by atoms with E-state index >= 15 is 0 Å². The van der Waals surface area contributed by atoms with E-state index in [9.17, 15) is 20.1 Å². The molecule has 0 bridgehead atoms. The standard InChI is InChI=1S/C32H52O9/c1-11-24(33)18(3)26-19(4)25(38-30(39-26)22-12-14-23(37-10)15-13-22)17(2)16-32(9,36)28-20(5)27(21(6)29(34)35)40-31(7,8)41-28/h12-15,17-21,24-28,30,33,36H,11,16H2,1-10H3,(H,34,35)/t17-,18+,19+,20+,21-,24-,25+,26+,27+,28-,30-,32-/m1/s1. The Hall–Kier alpha value is -1.75. The van der Waals surface area contributed by atoms with E-state index in [1.54, 1.807) is 34.8 Å². The van der Waals surface area contributed by atoms with Gasteiger partial charge in [-0.1, -0.05) is 46.8 Å². The Labute approximate surface area is 245 Å². The molecule has 2 aliphatic heterocycles. The van der Waals surface area contributed by atoms with Gasteiger partial charge in [0, 0.05) is 23.3 Å². The summed E-state index contributed by atoms with van der Waals surface area (Å²) < 4.78 is 30.7. The summed E-state index contributed by atoms with van der Waals surface area (Å²) in [5.41, 5.74) is -0.462. The van der Waals surface area contributed by atoms with Crippen molar-refractivity contribution in [2.24, 2.45) is 29.6 Å². The van der Waals surface area contributed by atoms with Gasteiger partial charge in [-0.2, -0.15) is 0 Å². The van der Waals surface area contributed by atoms with Gasteiger partial charge in [-0.05, 0) is 58.6 Å². The average Bonchev–Trinajstić information content (AvgIpc) is 2.92. The van der Waals surface area contributed by atoms with Crippen LogP contribution in [0, 0.1) is 29.6 Å². The molecule has 0 spiro atoms. The molecule has 0 amide bonds. The Balaban J connectivity index is 1.88. The van der Waals surface area contributed by atoms with E-state index in [-0.39, 0.29) is 35.9 Å². The lowest BCUT2D eigenvalue weighted by atomic mass is 9.73. The molecule has 2 aliphatic rings. The number of carbonyl (C=O) groups is 1. The largest absolute Gasteiger partial charge is 0.497 e. The van der Waals surface area contributed by atoms with Crippen molar-refractivity contribution in [1.29, 1.82) is 0 Å². The van der Waals surface area contributed by atoms with Crippen molar-refractivity contribution in [3.05, 3.63) is 29.8 Å². The second kappa shape index (κ2) is 13.3. The minimum atomic E-state index is -1.31. The van der Waals surface area contributed by atoms with Crippen LogP contribution in [0.15, 0.2) is 24.3 Å². The number of methoxy groups -OCH3 is 1. The number of ether oxygens (including phenoxy) is 5. The molecule has 1 aromatic carbocycles. The van der Waals surface area contributed by atoms with Crippen LogP contribution in [0.3, 0.4) is 0 Å². The number of benzene rings is 1. The first kappa shape index (κ1) is 33.7. The highest BCUT2D eigenvalue weighted by Crippen LogP contribution is 2.45. The maximum absolute atomic E-state index is 11.9. The molecule has 1 aromatic rings. The van der Waals surface area contributed by atoms with E-state index in [1.807, 2.05) is 45.0 Å². The van der Waals surface area contributed by atoms with Gasteiger partial charge >= 0.3 is 5.97 Å². The third kappa shape index (κ3) is 7.61. The molecule has 41 heavy (non-hydrogen) atoms. The number of hydrogen-bond donors (Lipinski definition) is 3. The molecule has 9 nitrogen and oxygen atoms in total. The van der Waals surface area contributed by atoms with Gasteiger partial charge in [0.2, 0.25) is 0 Å². The molecule has 3 rings (SSSR count). The van der Waals surface area contributed by atoms with E-state index in [0.29, 0.717) is 12.8 Å². The summed E-state index contributed by atoms with van der Waals surface area (Å²) in [6, 6.07) is 7.56. The topological polar surface area (TPSA) is 124 Å². The molecule has 0 saturated carbocycles. The highest BCUT2D eigenvalue weighted by molar-refractivity contribution is 5.70. The van der Waals surface area contributed by atoms with E-state index in [2.05, 4.69) is 13.8 Å². The zero-order valence-corrected chi connectivity index (χ0v) is 26.4. The Morgan fingerprint density at radius 3 is 2.15 bits per heavy atom. The summed E-state index contributed by atoms with van der Waals surface area (Å²) in [5.74, 6) is -2.75. The summed E-state index contributed by atoms with van der Waals surface area (Å²) >= 11 is 0. The van der Waals surface area contributed by atoms with Crippen LogP contribution in [-0.4, -0.2) is 70.3 Å². The fourth-order valence-corrected chi connectivity index (χ4v) is 6.84. The van der Waals surface area contributed by atoms with Crippen LogP contribution in [-0.2, 0) is 23.7 Å². The molecule has 0 unspecified atom stereocenters. The molecule has 2 fully saturated rings. The van der Waals surface area contributed by atoms with Crippen molar-refractivity contribution in [2.45, 2.75) is 123 Å². The summed E-state index contributed by atoms with van der Waals surface area (Å²) in [7, 11) is 1.62. The van der Waals surface area contributed by atoms with Gasteiger partial charge in [-0.15, -0.1) is 0 Å². The first-order chi connectivity index (χ1) is 19.0. The molecule has 0 radical (unpaired) electrons. The first-order valence-corrected chi connectivity index (χ1v) is 15.0. The number of carboxylic acids is 1. The number of aliphatic carboxylic acids is 1. The smallest absolute Gasteiger partial charge is 0.308 e. The minimum Gasteiger partial charge on any atom is -0.497 e. The normalized spacial score (nSPS) is 34.6. The third-order valence-electron chi connectivity index (χ3n) is 9.15. The van der Waals surface area contributed by atoms with Crippen molar-refractivity contribution >= 4 is 5.97 Å². The predicted octanol–water partition coefficient (Wildman–Crippen LogP) is 5.18. The van der Waals surface area contributed by atoms with E-state index in [4.69, 9.17) is 23.7 Å². The monoisotopic (exact) mass is 580 g/mol. The predicted molar refractivity (Wildman–Crippen MR) is 154 cm³/mol. The fraction of sp³-hybridized carbons (Fsp3) is 0.781. The molecule has 0 aromatic heterocycles. The molecular weight excluding hydrogens is 528 g/mol. The lowest BCUT2D eigenvalue weighted by Gasteiger charge is -2.52. The zero-order chi connectivity index (χ0) is 30.9. The number of aliphatic hydroxyl groups is 2. The highest BCUT2D eigenvalue weighted by atomic mass is 16.7. The van der Waals surface area contributed by atoms with E-state index in [0.717, 1.165) is 11.3 Å². The van der Waals surface area contributed by atoms with Gasteiger partial charge in [0.25, 0.3) is 0 Å². The Morgan fingerprint density at radius 1 is 1.02 bits per heavy atom. The van der Waals surface area contributed by atoms with Crippen molar-refractivity contribution in [3.8, 4) is 5.75 Å². The maximum atomic E-state index is 11.9. The van der Waals surface area contributed by atoms with Crippen LogP contribution in [0.4, 0.5) is 0 Å². The lowest BCUT2D eigenvalue weighted by Crippen LogP contribution is -2.61. The minimum absolute atomic E-state index is 0.0734. The summed E-state index contributed by atoms with van der Waals surface area (Å²) in [4.78, 5) is 11.8. The molecule has 2 saturated heterocycles. The Kier molecular flexibility index (Phi) is 10.9. The fourth-order valence-electron chi connectivity index (χ4n) is 6.84.